The second-order valence-corrected chi connectivity index (χ2v) is 8.71. The van der Waals surface area contributed by atoms with E-state index in [2.05, 4.69) is 15.2 Å². The third kappa shape index (κ3) is 5.45. The fourth-order valence-electron chi connectivity index (χ4n) is 4.47. The van der Waals surface area contributed by atoms with Crippen molar-refractivity contribution in [1.29, 1.82) is 0 Å². The number of carbonyl (C=O) groups excluding carboxylic acids is 2. The van der Waals surface area contributed by atoms with Crippen molar-refractivity contribution >= 4 is 23.3 Å². The molecular weight excluding hydrogens is 424 g/mol. The van der Waals surface area contributed by atoms with Crippen LogP contribution in [-0.2, 0) is 4.79 Å². The average molecular weight is 457 g/mol. The van der Waals surface area contributed by atoms with Crippen LogP contribution in [0, 0.1) is 6.92 Å². The molecule has 0 spiro atoms. The molecule has 1 atom stereocenters. The van der Waals surface area contributed by atoms with Crippen LogP contribution in [0.1, 0.15) is 47.2 Å². The van der Waals surface area contributed by atoms with E-state index in [0.29, 0.717) is 12.2 Å². The number of hydrogen-bond acceptors (Lipinski definition) is 4. The standard InChI is InChI=1S/C28H32N4O2/c1-3-24(22-11-5-4-6-12-22)27(33)30-23-14-15-26(29-20-23)31-16-9-17-32(19-18-31)28(34)25-13-8-7-10-21(25)2/h4-8,10-15,20,24H,3,9,16-19H2,1-2H3,(H,30,33). The van der Waals surface area contributed by atoms with E-state index in [9.17, 15) is 9.59 Å². The van der Waals surface area contributed by atoms with E-state index in [0.717, 1.165) is 55.0 Å². The van der Waals surface area contributed by atoms with Gasteiger partial charge in [-0.25, -0.2) is 4.98 Å². The molecule has 1 aliphatic rings. The Morgan fingerprint density at radius 1 is 0.941 bits per heavy atom. The van der Waals surface area contributed by atoms with Gasteiger partial charge in [0.15, 0.2) is 0 Å². The van der Waals surface area contributed by atoms with Crippen molar-refractivity contribution in [2.75, 3.05) is 36.4 Å². The molecule has 2 heterocycles. The van der Waals surface area contributed by atoms with Gasteiger partial charge in [0.05, 0.1) is 17.8 Å². The Hall–Kier alpha value is -3.67. The van der Waals surface area contributed by atoms with Gasteiger partial charge in [0.1, 0.15) is 5.82 Å². The van der Waals surface area contributed by atoms with Crippen molar-refractivity contribution in [2.24, 2.45) is 0 Å². The normalized spacial score (nSPS) is 14.9. The molecule has 0 saturated carbocycles. The van der Waals surface area contributed by atoms with Crippen LogP contribution in [0.3, 0.4) is 0 Å². The maximum absolute atomic E-state index is 13.0. The highest BCUT2D eigenvalue weighted by Gasteiger charge is 2.22. The molecule has 1 unspecified atom stereocenters. The Balaban J connectivity index is 1.37. The lowest BCUT2D eigenvalue weighted by Crippen LogP contribution is -2.35. The zero-order chi connectivity index (χ0) is 23.9. The maximum Gasteiger partial charge on any atom is 0.254 e. The first kappa shape index (κ1) is 23.5. The summed E-state index contributed by atoms with van der Waals surface area (Å²) in [6.45, 7) is 6.94. The smallest absolute Gasteiger partial charge is 0.254 e. The maximum atomic E-state index is 13.0. The van der Waals surface area contributed by atoms with Gasteiger partial charge in [-0.1, -0.05) is 55.5 Å². The summed E-state index contributed by atoms with van der Waals surface area (Å²) < 4.78 is 0. The largest absolute Gasteiger partial charge is 0.355 e. The molecule has 2 amide bonds. The number of carbonyl (C=O) groups is 2. The van der Waals surface area contributed by atoms with E-state index >= 15 is 0 Å². The first-order chi connectivity index (χ1) is 16.6. The molecule has 2 aromatic carbocycles. The molecule has 1 saturated heterocycles. The Labute approximate surface area is 201 Å². The van der Waals surface area contributed by atoms with Gasteiger partial charge in [-0.2, -0.15) is 0 Å². The average Bonchev–Trinajstić information content (AvgIpc) is 3.12. The van der Waals surface area contributed by atoms with Gasteiger partial charge in [-0.15, -0.1) is 0 Å². The molecule has 0 radical (unpaired) electrons. The number of amides is 2. The summed E-state index contributed by atoms with van der Waals surface area (Å²) >= 11 is 0. The Morgan fingerprint density at radius 2 is 1.71 bits per heavy atom. The summed E-state index contributed by atoms with van der Waals surface area (Å²) in [5, 5.41) is 3.01. The number of nitrogens with zero attached hydrogens (tertiary/aromatic N) is 3. The van der Waals surface area contributed by atoms with Gasteiger partial charge >= 0.3 is 0 Å². The molecule has 6 nitrogen and oxygen atoms in total. The first-order valence-corrected chi connectivity index (χ1v) is 12.0. The topological polar surface area (TPSA) is 65.5 Å². The van der Waals surface area contributed by atoms with Crippen molar-refractivity contribution in [3.63, 3.8) is 0 Å². The fourth-order valence-corrected chi connectivity index (χ4v) is 4.47. The van der Waals surface area contributed by atoms with E-state index in [1.165, 1.54) is 0 Å². The van der Waals surface area contributed by atoms with Crippen molar-refractivity contribution in [1.82, 2.24) is 9.88 Å². The van der Waals surface area contributed by atoms with E-state index < -0.39 is 0 Å². The number of anilines is 2. The van der Waals surface area contributed by atoms with E-state index in [1.54, 1.807) is 6.20 Å². The summed E-state index contributed by atoms with van der Waals surface area (Å²) in [4.78, 5) is 34.6. The molecule has 1 fully saturated rings. The monoisotopic (exact) mass is 456 g/mol. The minimum Gasteiger partial charge on any atom is -0.355 e. The number of benzene rings is 2. The molecule has 176 valence electrons. The Kier molecular flexibility index (Phi) is 7.58. The van der Waals surface area contributed by atoms with Gasteiger partial charge in [-0.3, -0.25) is 9.59 Å². The second kappa shape index (κ2) is 11.0. The van der Waals surface area contributed by atoms with Gasteiger partial charge in [0, 0.05) is 31.7 Å². The number of pyridine rings is 1. The van der Waals surface area contributed by atoms with Gasteiger partial charge < -0.3 is 15.1 Å². The lowest BCUT2D eigenvalue weighted by Gasteiger charge is -2.23. The van der Waals surface area contributed by atoms with Crippen LogP contribution in [0.5, 0.6) is 0 Å². The van der Waals surface area contributed by atoms with E-state index in [-0.39, 0.29) is 17.7 Å². The van der Waals surface area contributed by atoms with Gasteiger partial charge in [0.2, 0.25) is 5.91 Å². The second-order valence-electron chi connectivity index (χ2n) is 8.71. The molecular formula is C28H32N4O2. The van der Waals surface area contributed by atoms with Gasteiger partial charge in [0.25, 0.3) is 5.91 Å². The first-order valence-electron chi connectivity index (χ1n) is 12.0. The van der Waals surface area contributed by atoms with E-state index in [4.69, 9.17) is 0 Å². The molecule has 1 aromatic heterocycles. The third-order valence-electron chi connectivity index (χ3n) is 6.42. The van der Waals surface area contributed by atoms with Crippen LogP contribution in [0.2, 0.25) is 0 Å². The third-order valence-corrected chi connectivity index (χ3v) is 6.42. The molecule has 1 N–H and O–H groups in total. The van der Waals surface area contributed by atoms with Crippen molar-refractivity contribution in [2.45, 2.75) is 32.6 Å². The highest BCUT2D eigenvalue weighted by molar-refractivity contribution is 5.96. The van der Waals surface area contributed by atoms with Crippen molar-refractivity contribution in [3.05, 3.63) is 89.6 Å². The van der Waals surface area contributed by atoms with Gasteiger partial charge in [-0.05, 0) is 49.1 Å². The van der Waals surface area contributed by atoms with Crippen LogP contribution in [0.4, 0.5) is 11.5 Å². The zero-order valence-electron chi connectivity index (χ0n) is 19.9. The van der Waals surface area contributed by atoms with Crippen molar-refractivity contribution < 1.29 is 9.59 Å². The quantitative estimate of drug-likeness (QED) is 0.574. The molecule has 34 heavy (non-hydrogen) atoms. The molecule has 4 rings (SSSR count). The predicted octanol–water partition coefficient (Wildman–Crippen LogP) is 4.87. The number of rotatable bonds is 6. The summed E-state index contributed by atoms with van der Waals surface area (Å²) in [7, 11) is 0. The van der Waals surface area contributed by atoms with Crippen molar-refractivity contribution in [3.8, 4) is 0 Å². The lowest BCUT2D eigenvalue weighted by atomic mass is 9.95. The lowest BCUT2D eigenvalue weighted by molar-refractivity contribution is -0.117. The highest BCUT2D eigenvalue weighted by Crippen LogP contribution is 2.23. The summed E-state index contributed by atoms with van der Waals surface area (Å²) in [5.74, 6) is 0.736. The highest BCUT2D eigenvalue weighted by atomic mass is 16.2. The molecule has 1 aliphatic heterocycles. The Morgan fingerprint density at radius 3 is 2.41 bits per heavy atom. The number of aryl methyl sites for hydroxylation is 1. The number of nitrogens with one attached hydrogen (secondary N) is 1. The van der Waals surface area contributed by atoms with Crippen LogP contribution < -0.4 is 10.2 Å². The van der Waals surface area contributed by atoms with Crippen LogP contribution in [0.25, 0.3) is 0 Å². The Bertz CT molecular complexity index is 1110. The predicted molar refractivity (Wildman–Crippen MR) is 136 cm³/mol. The minimum absolute atomic E-state index is 0.0246. The molecule has 0 aliphatic carbocycles. The van der Waals surface area contributed by atoms with Crippen LogP contribution >= 0.6 is 0 Å². The minimum atomic E-state index is -0.191. The number of hydrogen-bond donors (Lipinski definition) is 1. The molecule has 0 bridgehead atoms. The zero-order valence-corrected chi connectivity index (χ0v) is 19.9. The summed E-state index contributed by atoms with van der Waals surface area (Å²) in [6, 6.07) is 21.4. The molecule has 3 aromatic rings. The SMILES string of the molecule is CCC(C(=O)Nc1ccc(N2CCCN(C(=O)c3ccccc3C)CC2)nc1)c1ccccc1. The van der Waals surface area contributed by atoms with E-state index in [1.807, 2.05) is 85.5 Å². The van der Waals surface area contributed by atoms with Crippen LogP contribution in [0.15, 0.2) is 72.9 Å². The number of aromatic nitrogens is 1. The summed E-state index contributed by atoms with van der Waals surface area (Å²) in [5.41, 5.74) is 3.48. The fraction of sp³-hybridized carbons (Fsp3) is 0.321. The summed E-state index contributed by atoms with van der Waals surface area (Å²) in [6.07, 6.45) is 3.33. The molecule has 6 heteroatoms. The van der Waals surface area contributed by atoms with Crippen LogP contribution in [-0.4, -0.2) is 47.9 Å².